The summed E-state index contributed by atoms with van der Waals surface area (Å²) >= 11 is 0. The minimum Gasteiger partial charge on any atom is -0.393 e. The van der Waals surface area contributed by atoms with Crippen molar-refractivity contribution in [1.29, 1.82) is 0 Å². The Morgan fingerprint density at radius 1 is 1.13 bits per heavy atom. The normalized spacial score (nSPS) is 34.5. The summed E-state index contributed by atoms with van der Waals surface area (Å²) in [7, 11) is 0. The van der Waals surface area contributed by atoms with Gasteiger partial charge >= 0.3 is 0 Å². The fourth-order valence-electron chi connectivity index (χ4n) is 4.57. The minimum atomic E-state index is -0.133. The van der Waals surface area contributed by atoms with Crippen molar-refractivity contribution in [2.75, 3.05) is 25.0 Å². The lowest BCUT2D eigenvalue weighted by molar-refractivity contribution is 0.0649. The standard InChI is InChI=1S/C18H28N4O/c23-15-8-14(9-15)16-10-18(21-12-20-16)19-11-13-4-3-7-22-6-2-1-5-17(13)22/h10,12-15,17,23H,1-9,11H2,(H,19,20,21)/t13-,14?,15?,17+/m0/s1. The van der Waals surface area contributed by atoms with Gasteiger partial charge in [0.2, 0.25) is 0 Å². The maximum Gasteiger partial charge on any atom is 0.129 e. The molecule has 0 amide bonds. The maximum absolute atomic E-state index is 9.47. The summed E-state index contributed by atoms with van der Waals surface area (Å²) in [5, 5.41) is 13.0. The Balaban J connectivity index is 1.36. The van der Waals surface area contributed by atoms with Crippen LogP contribution in [0.25, 0.3) is 0 Å². The number of fused-ring (bicyclic) bond motifs is 1. The van der Waals surface area contributed by atoms with Crippen LogP contribution in [0, 0.1) is 5.92 Å². The first-order chi connectivity index (χ1) is 11.3. The molecular weight excluding hydrogens is 288 g/mol. The molecule has 5 nitrogen and oxygen atoms in total. The van der Waals surface area contributed by atoms with Crippen LogP contribution in [0.3, 0.4) is 0 Å². The first-order valence-corrected chi connectivity index (χ1v) is 9.27. The molecule has 126 valence electrons. The molecule has 4 rings (SSSR count). The number of aliphatic hydroxyl groups is 1. The van der Waals surface area contributed by atoms with Crippen LogP contribution in [0.4, 0.5) is 5.82 Å². The van der Waals surface area contributed by atoms with Crippen molar-refractivity contribution in [2.24, 2.45) is 5.92 Å². The summed E-state index contributed by atoms with van der Waals surface area (Å²) < 4.78 is 0. The molecule has 0 aromatic carbocycles. The highest BCUT2D eigenvalue weighted by atomic mass is 16.3. The SMILES string of the molecule is OC1CC(c2cc(NC[C@@H]3CCCN4CCCC[C@H]34)ncn2)C1. The monoisotopic (exact) mass is 316 g/mol. The summed E-state index contributed by atoms with van der Waals surface area (Å²) in [5.41, 5.74) is 1.08. The van der Waals surface area contributed by atoms with Crippen LogP contribution in [0.1, 0.15) is 56.6 Å². The quantitative estimate of drug-likeness (QED) is 0.893. The van der Waals surface area contributed by atoms with E-state index in [1.165, 1.54) is 45.2 Å². The van der Waals surface area contributed by atoms with Crippen molar-refractivity contribution >= 4 is 5.82 Å². The second kappa shape index (κ2) is 6.73. The van der Waals surface area contributed by atoms with Crippen LogP contribution in [-0.2, 0) is 0 Å². The Labute approximate surface area is 138 Å². The predicted octanol–water partition coefficient (Wildman–Crippen LogP) is 2.39. The van der Waals surface area contributed by atoms with Crippen molar-refractivity contribution < 1.29 is 5.11 Å². The van der Waals surface area contributed by atoms with Crippen LogP contribution in [0.2, 0.25) is 0 Å². The second-order valence-electron chi connectivity index (χ2n) is 7.53. The number of aromatic nitrogens is 2. The van der Waals surface area contributed by atoms with Gasteiger partial charge in [-0.1, -0.05) is 6.42 Å². The average molecular weight is 316 g/mol. The molecule has 3 heterocycles. The molecule has 2 atom stereocenters. The van der Waals surface area contributed by atoms with Crippen LogP contribution in [0.5, 0.6) is 0 Å². The molecule has 3 fully saturated rings. The fourth-order valence-corrected chi connectivity index (χ4v) is 4.57. The summed E-state index contributed by atoms with van der Waals surface area (Å²) in [4.78, 5) is 11.5. The molecule has 2 N–H and O–H groups in total. The maximum atomic E-state index is 9.47. The number of rotatable bonds is 4. The van der Waals surface area contributed by atoms with Gasteiger partial charge in [0, 0.05) is 30.3 Å². The van der Waals surface area contributed by atoms with Gasteiger partial charge in [0.1, 0.15) is 12.1 Å². The van der Waals surface area contributed by atoms with E-state index in [1.807, 2.05) is 0 Å². The van der Waals surface area contributed by atoms with Gasteiger partial charge < -0.3 is 15.3 Å². The van der Waals surface area contributed by atoms with Crippen LogP contribution in [-0.4, -0.2) is 51.8 Å². The van der Waals surface area contributed by atoms with Gasteiger partial charge in [-0.3, -0.25) is 0 Å². The molecule has 1 aliphatic carbocycles. The first kappa shape index (κ1) is 15.3. The molecule has 2 aliphatic heterocycles. The van der Waals surface area contributed by atoms with Crippen LogP contribution < -0.4 is 5.32 Å². The molecule has 1 aromatic heterocycles. The van der Waals surface area contributed by atoms with E-state index in [0.717, 1.165) is 42.9 Å². The van der Waals surface area contributed by atoms with Gasteiger partial charge in [-0.15, -0.1) is 0 Å². The highest BCUT2D eigenvalue weighted by Gasteiger charge is 2.33. The zero-order valence-electron chi connectivity index (χ0n) is 13.8. The number of hydrogen-bond acceptors (Lipinski definition) is 5. The van der Waals surface area contributed by atoms with Crippen LogP contribution >= 0.6 is 0 Å². The molecule has 0 unspecified atom stereocenters. The zero-order valence-corrected chi connectivity index (χ0v) is 13.8. The number of anilines is 1. The van der Waals surface area contributed by atoms with E-state index in [0.29, 0.717) is 5.92 Å². The molecule has 0 bridgehead atoms. The van der Waals surface area contributed by atoms with E-state index in [1.54, 1.807) is 6.33 Å². The highest BCUT2D eigenvalue weighted by molar-refractivity contribution is 5.36. The number of nitrogens with one attached hydrogen (secondary N) is 1. The number of nitrogens with zero attached hydrogens (tertiary/aromatic N) is 3. The van der Waals surface area contributed by atoms with E-state index >= 15 is 0 Å². The van der Waals surface area contributed by atoms with E-state index in [4.69, 9.17) is 0 Å². The lowest BCUT2D eigenvalue weighted by atomic mass is 9.80. The lowest BCUT2D eigenvalue weighted by Crippen LogP contribution is -2.49. The van der Waals surface area contributed by atoms with Gasteiger partial charge in [0.05, 0.1) is 6.10 Å². The summed E-state index contributed by atoms with van der Waals surface area (Å²) in [6, 6.07) is 2.85. The van der Waals surface area contributed by atoms with Gasteiger partial charge in [-0.05, 0) is 57.5 Å². The molecule has 3 aliphatic rings. The van der Waals surface area contributed by atoms with Crippen molar-refractivity contribution in [3.05, 3.63) is 18.1 Å². The zero-order chi connectivity index (χ0) is 15.6. The Bertz CT molecular complexity index is 530. The van der Waals surface area contributed by atoms with Crippen molar-refractivity contribution in [1.82, 2.24) is 14.9 Å². The Kier molecular flexibility index (Phi) is 4.49. The lowest BCUT2D eigenvalue weighted by Gasteiger charge is -2.44. The topological polar surface area (TPSA) is 61.3 Å². The molecule has 0 radical (unpaired) electrons. The summed E-state index contributed by atoms with van der Waals surface area (Å²) in [5.74, 6) is 2.11. The number of aliphatic hydroxyl groups excluding tert-OH is 1. The second-order valence-corrected chi connectivity index (χ2v) is 7.53. The van der Waals surface area contributed by atoms with Crippen molar-refractivity contribution in [2.45, 2.75) is 63.0 Å². The molecule has 1 aromatic rings. The molecule has 23 heavy (non-hydrogen) atoms. The number of hydrogen-bond donors (Lipinski definition) is 2. The van der Waals surface area contributed by atoms with Gasteiger partial charge in [0.15, 0.2) is 0 Å². The molecular formula is C18H28N4O. The summed E-state index contributed by atoms with van der Waals surface area (Å²) in [6.07, 6.45) is 10.0. The number of piperidine rings is 2. The minimum absolute atomic E-state index is 0.133. The third-order valence-corrected chi connectivity index (χ3v) is 5.99. The molecule has 0 spiro atoms. The van der Waals surface area contributed by atoms with E-state index in [2.05, 4.69) is 26.3 Å². The Morgan fingerprint density at radius 3 is 2.87 bits per heavy atom. The third-order valence-electron chi connectivity index (χ3n) is 5.99. The largest absolute Gasteiger partial charge is 0.393 e. The highest BCUT2D eigenvalue weighted by Crippen LogP contribution is 2.36. The third kappa shape index (κ3) is 3.36. The van der Waals surface area contributed by atoms with E-state index in [-0.39, 0.29) is 6.10 Å². The molecule has 5 heteroatoms. The predicted molar refractivity (Wildman–Crippen MR) is 90.4 cm³/mol. The van der Waals surface area contributed by atoms with Gasteiger partial charge in [0.25, 0.3) is 0 Å². The first-order valence-electron chi connectivity index (χ1n) is 9.27. The van der Waals surface area contributed by atoms with Crippen LogP contribution in [0.15, 0.2) is 12.4 Å². The Hall–Kier alpha value is -1.20. The Morgan fingerprint density at radius 2 is 2.00 bits per heavy atom. The smallest absolute Gasteiger partial charge is 0.129 e. The summed E-state index contributed by atoms with van der Waals surface area (Å²) in [6.45, 7) is 3.61. The fraction of sp³-hybridized carbons (Fsp3) is 0.778. The molecule has 1 saturated carbocycles. The molecule has 2 saturated heterocycles. The van der Waals surface area contributed by atoms with Gasteiger partial charge in [-0.2, -0.15) is 0 Å². The van der Waals surface area contributed by atoms with Crippen molar-refractivity contribution in [3.8, 4) is 0 Å². The van der Waals surface area contributed by atoms with E-state index in [9.17, 15) is 5.11 Å². The van der Waals surface area contributed by atoms with E-state index < -0.39 is 0 Å². The van der Waals surface area contributed by atoms with Crippen molar-refractivity contribution in [3.63, 3.8) is 0 Å². The van der Waals surface area contributed by atoms with Gasteiger partial charge in [-0.25, -0.2) is 9.97 Å². The average Bonchev–Trinajstić information content (AvgIpc) is 2.57.